The van der Waals surface area contributed by atoms with Crippen LogP contribution in [0.3, 0.4) is 0 Å². The summed E-state index contributed by atoms with van der Waals surface area (Å²) in [7, 11) is 0. The highest BCUT2D eigenvalue weighted by Gasteiger charge is 1.98. The quantitative estimate of drug-likeness (QED) is 0.774. The number of halogens is 1. The number of hydrogen-bond acceptors (Lipinski definition) is 2. The van der Waals surface area contributed by atoms with Crippen LogP contribution in [-0.2, 0) is 0 Å². The topological polar surface area (TPSA) is 12.9 Å². The van der Waals surface area contributed by atoms with Crippen LogP contribution in [0.1, 0.15) is 5.56 Å². The molecule has 0 aliphatic carbocycles. The van der Waals surface area contributed by atoms with Crippen molar-refractivity contribution in [1.82, 2.24) is 4.98 Å². The Bertz CT molecular complexity index is 453. The van der Waals surface area contributed by atoms with Crippen LogP contribution in [0.2, 0.25) is 5.02 Å². The van der Waals surface area contributed by atoms with Gasteiger partial charge in [0.2, 0.25) is 0 Å². The molecule has 1 aromatic carbocycles. The number of pyridine rings is 1. The molecule has 0 bridgehead atoms. The lowest BCUT2D eigenvalue weighted by Gasteiger charge is -2.01. The molecular weight excluding hydrogens is 226 g/mol. The fourth-order valence-electron chi connectivity index (χ4n) is 1.22. The smallest absolute Gasteiger partial charge is 0.101 e. The standard InChI is InChI=1S/C12H10ClNS/c1-9-3-2-4-11(7-9)15-12-6-5-10(13)8-14-12/h2-8H,1H3. The van der Waals surface area contributed by atoms with E-state index in [1.165, 1.54) is 10.5 Å². The van der Waals surface area contributed by atoms with E-state index in [2.05, 4.69) is 30.1 Å². The third kappa shape index (κ3) is 2.98. The Morgan fingerprint density at radius 2 is 2.07 bits per heavy atom. The van der Waals surface area contributed by atoms with Gasteiger partial charge in [0.05, 0.1) is 5.02 Å². The highest BCUT2D eigenvalue weighted by Crippen LogP contribution is 2.26. The molecule has 0 saturated heterocycles. The van der Waals surface area contributed by atoms with Gasteiger partial charge in [0.1, 0.15) is 5.03 Å². The van der Waals surface area contributed by atoms with Crippen molar-refractivity contribution >= 4 is 23.4 Å². The minimum atomic E-state index is 0.670. The fourth-order valence-corrected chi connectivity index (χ4v) is 2.21. The summed E-state index contributed by atoms with van der Waals surface area (Å²) in [6.45, 7) is 2.08. The van der Waals surface area contributed by atoms with Gasteiger partial charge in [-0.1, -0.05) is 41.1 Å². The monoisotopic (exact) mass is 235 g/mol. The van der Waals surface area contributed by atoms with Gasteiger partial charge in [-0.2, -0.15) is 0 Å². The van der Waals surface area contributed by atoms with Crippen molar-refractivity contribution in [3.63, 3.8) is 0 Å². The molecule has 3 heteroatoms. The number of aromatic nitrogens is 1. The molecule has 0 amide bonds. The molecule has 0 N–H and O–H groups in total. The molecule has 0 aliphatic rings. The SMILES string of the molecule is Cc1cccc(Sc2ccc(Cl)cn2)c1. The summed E-state index contributed by atoms with van der Waals surface area (Å²) in [6.07, 6.45) is 1.67. The molecule has 0 atom stereocenters. The van der Waals surface area contributed by atoms with Crippen molar-refractivity contribution in [3.8, 4) is 0 Å². The molecule has 0 fully saturated rings. The van der Waals surface area contributed by atoms with Gasteiger partial charge in [0, 0.05) is 11.1 Å². The van der Waals surface area contributed by atoms with E-state index in [4.69, 9.17) is 11.6 Å². The third-order valence-electron chi connectivity index (χ3n) is 1.91. The molecule has 1 nitrogen and oxygen atoms in total. The second-order valence-electron chi connectivity index (χ2n) is 3.23. The first kappa shape index (κ1) is 10.5. The molecule has 76 valence electrons. The predicted molar refractivity (Wildman–Crippen MR) is 64.5 cm³/mol. The van der Waals surface area contributed by atoms with Gasteiger partial charge in [-0.15, -0.1) is 0 Å². The van der Waals surface area contributed by atoms with Crippen LogP contribution in [0.5, 0.6) is 0 Å². The van der Waals surface area contributed by atoms with E-state index in [1.54, 1.807) is 18.0 Å². The van der Waals surface area contributed by atoms with Gasteiger partial charge in [-0.3, -0.25) is 0 Å². The summed E-state index contributed by atoms with van der Waals surface area (Å²) in [4.78, 5) is 5.43. The summed E-state index contributed by atoms with van der Waals surface area (Å²) < 4.78 is 0. The van der Waals surface area contributed by atoms with Crippen LogP contribution in [0.15, 0.2) is 52.5 Å². The molecular formula is C12H10ClNS. The van der Waals surface area contributed by atoms with E-state index < -0.39 is 0 Å². The molecule has 1 heterocycles. The molecule has 2 aromatic rings. The molecule has 0 saturated carbocycles. The van der Waals surface area contributed by atoms with Crippen molar-refractivity contribution in [1.29, 1.82) is 0 Å². The van der Waals surface area contributed by atoms with Gasteiger partial charge in [-0.05, 0) is 31.2 Å². The Kier molecular flexibility index (Phi) is 3.29. The highest BCUT2D eigenvalue weighted by molar-refractivity contribution is 7.99. The van der Waals surface area contributed by atoms with Crippen LogP contribution < -0.4 is 0 Å². The first-order valence-corrected chi connectivity index (χ1v) is 5.79. The molecule has 1 aromatic heterocycles. The molecule has 0 aliphatic heterocycles. The fraction of sp³-hybridized carbons (Fsp3) is 0.0833. The lowest BCUT2D eigenvalue weighted by atomic mass is 10.2. The maximum Gasteiger partial charge on any atom is 0.101 e. The van der Waals surface area contributed by atoms with Gasteiger partial charge < -0.3 is 0 Å². The minimum absolute atomic E-state index is 0.670. The van der Waals surface area contributed by atoms with Gasteiger partial charge in [0.15, 0.2) is 0 Å². The van der Waals surface area contributed by atoms with E-state index in [0.717, 1.165) is 5.03 Å². The number of hydrogen-bond donors (Lipinski definition) is 0. The van der Waals surface area contributed by atoms with E-state index in [-0.39, 0.29) is 0 Å². The zero-order chi connectivity index (χ0) is 10.7. The van der Waals surface area contributed by atoms with Gasteiger partial charge in [0.25, 0.3) is 0 Å². The third-order valence-corrected chi connectivity index (χ3v) is 3.08. The molecule has 0 spiro atoms. The molecule has 2 rings (SSSR count). The van der Waals surface area contributed by atoms with Crippen molar-refractivity contribution in [2.75, 3.05) is 0 Å². The van der Waals surface area contributed by atoms with E-state index >= 15 is 0 Å². The molecule has 15 heavy (non-hydrogen) atoms. The Balaban J connectivity index is 2.18. The predicted octanol–water partition coefficient (Wildman–Crippen LogP) is 4.19. The summed E-state index contributed by atoms with van der Waals surface area (Å²) >= 11 is 7.41. The van der Waals surface area contributed by atoms with Crippen molar-refractivity contribution < 1.29 is 0 Å². The molecule has 0 radical (unpaired) electrons. The van der Waals surface area contributed by atoms with E-state index in [9.17, 15) is 0 Å². The lowest BCUT2D eigenvalue weighted by molar-refractivity contribution is 1.13. The van der Waals surface area contributed by atoms with Crippen LogP contribution in [0, 0.1) is 6.92 Å². The summed E-state index contributed by atoms with van der Waals surface area (Å²) in [5.41, 5.74) is 1.26. The summed E-state index contributed by atoms with van der Waals surface area (Å²) in [5, 5.41) is 1.63. The van der Waals surface area contributed by atoms with Crippen molar-refractivity contribution in [3.05, 3.63) is 53.2 Å². The number of nitrogens with zero attached hydrogens (tertiary/aromatic N) is 1. The van der Waals surface area contributed by atoms with E-state index in [1.807, 2.05) is 18.2 Å². The number of aryl methyl sites for hydroxylation is 1. The van der Waals surface area contributed by atoms with Crippen LogP contribution in [0.25, 0.3) is 0 Å². The second kappa shape index (κ2) is 4.69. The average Bonchev–Trinajstić information content (AvgIpc) is 2.22. The van der Waals surface area contributed by atoms with Crippen LogP contribution >= 0.6 is 23.4 Å². The largest absolute Gasteiger partial charge is 0.248 e. The normalized spacial score (nSPS) is 10.3. The van der Waals surface area contributed by atoms with Crippen molar-refractivity contribution in [2.45, 2.75) is 16.8 Å². The maximum absolute atomic E-state index is 5.77. The lowest BCUT2D eigenvalue weighted by Crippen LogP contribution is -1.79. The summed E-state index contributed by atoms with van der Waals surface area (Å²) in [5.74, 6) is 0. The van der Waals surface area contributed by atoms with Crippen LogP contribution in [0.4, 0.5) is 0 Å². The first-order chi connectivity index (χ1) is 7.24. The average molecular weight is 236 g/mol. The zero-order valence-corrected chi connectivity index (χ0v) is 9.85. The van der Waals surface area contributed by atoms with Gasteiger partial charge >= 0.3 is 0 Å². The molecule has 0 unspecified atom stereocenters. The Labute approximate surface area is 98.5 Å². The number of rotatable bonds is 2. The zero-order valence-electron chi connectivity index (χ0n) is 8.27. The maximum atomic E-state index is 5.77. The first-order valence-electron chi connectivity index (χ1n) is 4.60. The van der Waals surface area contributed by atoms with Crippen molar-refractivity contribution in [2.24, 2.45) is 0 Å². The summed E-state index contributed by atoms with van der Waals surface area (Å²) in [6, 6.07) is 12.1. The second-order valence-corrected chi connectivity index (χ2v) is 4.76. The van der Waals surface area contributed by atoms with Crippen LogP contribution in [-0.4, -0.2) is 4.98 Å². The number of benzene rings is 1. The Hall–Kier alpha value is -0.990. The Morgan fingerprint density at radius 3 is 2.73 bits per heavy atom. The van der Waals surface area contributed by atoms with E-state index in [0.29, 0.717) is 5.02 Å². The highest BCUT2D eigenvalue weighted by atomic mass is 35.5. The Morgan fingerprint density at radius 1 is 1.20 bits per heavy atom. The van der Waals surface area contributed by atoms with Gasteiger partial charge in [-0.25, -0.2) is 4.98 Å². The minimum Gasteiger partial charge on any atom is -0.248 e.